The Balaban J connectivity index is 2.26. The molecule has 0 spiro atoms. The van der Waals surface area contributed by atoms with Crippen molar-refractivity contribution in [3.05, 3.63) is 57.5 Å². The van der Waals surface area contributed by atoms with E-state index in [1.54, 1.807) is 38.3 Å². The lowest BCUT2D eigenvalue weighted by Gasteiger charge is -2.16. The van der Waals surface area contributed by atoms with Gasteiger partial charge >= 0.3 is 0 Å². The van der Waals surface area contributed by atoms with Gasteiger partial charge in [-0.15, -0.1) is 0 Å². The number of hydrogen-bond donors (Lipinski definition) is 1. The van der Waals surface area contributed by atoms with Crippen molar-refractivity contribution in [3.8, 4) is 5.75 Å². The Hall–Kier alpha value is -1.08. The fourth-order valence-electron chi connectivity index (χ4n) is 1.98. The Bertz CT molecular complexity index is 780. The minimum atomic E-state index is -3.70. The smallest absolute Gasteiger partial charge is 0.242 e. The molecule has 1 N–H and O–H groups in total. The van der Waals surface area contributed by atoms with Crippen LogP contribution in [0.15, 0.2) is 51.8 Å². The van der Waals surface area contributed by atoms with Gasteiger partial charge in [-0.1, -0.05) is 29.8 Å². The van der Waals surface area contributed by atoms with Crippen molar-refractivity contribution >= 4 is 37.6 Å². The maximum Gasteiger partial charge on any atom is 0.242 e. The summed E-state index contributed by atoms with van der Waals surface area (Å²) in [6.07, 6.45) is 0. The van der Waals surface area contributed by atoms with Crippen molar-refractivity contribution in [2.24, 2.45) is 0 Å². The first kappa shape index (κ1) is 17.3. The minimum absolute atomic E-state index is 0.0658. The summed E-state index contributed by atoms with van der Waals surface area (Å²) in [6, 6.07) is 11.3. The third kappa shape index (κ3) is 3.81. The van der Waals surface area contributed by atoms with Gasteiger partial charge in [0.2, 0.25) is 10.0 Å². The molecule has 0 saturated carbocycles. The molecule has 0 aliphatic heterocycles. The van der Waals surface area contributed by atoms with Gasteiger partial charge in [-0.05, 0) is 52.7 Å². The van der Waals surface area contributed by atoms with E-state index in [9.17, 15) is 8.42 Å². The maximum atomic E-state index is 12.4. The average molecular weight is 405 g/mol. The van der Waals surface area contributed by atoms with Gasteiger partial charge in [0.1, 0.15) is 10.6 Å². The van der Waals surface area contributed by atoms with Crippen LogP contribution >= 0.6 is 27.5 Å². The molecule has 0 aliphatic rings. The molecule has 2 aromatic rings. The SMILES string of the molecule is COc1ccc(C(C)NS(=O)(=O)c2ccccc2Cl)cc1Br. The molecule has 0 radical (unpaired) electrons. The van der Waals surface area contributed by atoms with Crippen molar-refractivity contribution in [2.75, 3.05) is 7.11 Å². The maximum absolute atomic E-state index is 12.4. The third-order valence-electron chi connectivity index (χ3n) is 3.13. The van der Waals surface area contributed by atoms with Crippen LogP contribution in [-0.4, -0.2) is 15.5 Å². The molecule has 4 nitrogen and oxygen atoms in total. The molecule has 1 unspecified atom stereocenters. The highest BCUT2D eigenvalue weighted by molar-refractivity contribution is 9.10. The number of sulfonamides is 1. The summed E-state index contributed by atoms with van der Waals surface area (Å²) in [4.78, 5) is 0.0658. The van der Waals surface area contributed by atoms with Crippen LogP contribution in [0.2, 0.25) is 5.02 Å². The average Bonchev–Trinajstić information content (AvgIpc) is 2.46. The predicted octanol–water partition coefficient (Wildman–Crippen LogP) is 4.15. The van der Waals surface area contributed by atoms with Crippen LogP contribution in [0.4, 0.5) is 0 Å². The molecule has 0 amide bonds. The summed E-state index contributed by atoms with van der Waals surface area (Å²) in [7, 11) is -2.12. The summed E-state index contributed by atoms with van der Waals surface area (Å²) in [6.45, 7) is 1.77. The van der Waals surface area contributed by atoms with Crippen molar-refractivity contribution in [3.63, 3.8) is 0 Å². The number of rotatable bonds is 5. The van der Waals surface area contributed by atoms with Gasteiger partial charge in [-0.3, -0.25) is 0 Å². The number of benzene rings is 2. The number of nitrogens with one attached hydrogen (secondary N) is 1. The van der Waals surface area contributed by atoms with E-state index in [0.717, 1.165) is 10.0 Å². The minimum Gasteiger partial charge on any atom is -0.496 e. The van der Waals surface area contributed by atoms with Crippen LogP contribution in [-0.2, 0) is 10.0 Å². The second-order valence-electron chi connectivity index (χ2n) is 4.67. The first-order valence-corrected chi connectivity index (χ1v) is 9.11. The zero-order valence-electron chi connectivity index (χ0n) is 12.0. The summed E-state index contributed by atoms with van der Waals surface area (Å²) >= 11 is 9.35. The summed E-state index contributed by atoms with van der Waals surface area (Å²) < 4.78 is 33.4. The van der Waals surface area contributed by atoms with Crippen molar-refractivity contribution in [1.82, 2.24) is 4.72 Å². The number of methoxy groups -OCH3 is 1. The molecule has 0 fully saturated rings. The molecule has 0 saturated heterocycles. The standard InChI is InChI=1S/C15H15BrClNO3S/c1-10(11-7-8-14(21-2)12(16)9-11)18-22(19,20)15-6-4-3-5-13(15)17/h3-10,18H,1-2H3. The first-order valence-electron chi connectivity index (χ1n) is 6.45. The van der Waals surface area contributed by atoms with E-state index in [4.69, 9.17) is 16.3 Å². The molecule has 0 bridgehead atoms. The Labute approximate surface area is 143 Å². The fourth-order valence-corrected chi connectivity index (χ4v) is 4.29. The fraction of sp³-hybridized carbons (Fsp3) is 0.200. The molecule has 0 heterocycles. The van der Waals surface area contributed by atoms with Crippen molar-refractivity contribution < 1.29 is 13.2 Å². The lowest BCUT2D eigenvalue weighted by molar-refractivity contribution is 0.412. The quantitative estimate of drug-likeness (QED) is 0.814. The van der Waals surface area contributed by atoms with Gasteiger partial charge in [0.25, 0.3) is 0 Å². The monoisotopic (exact) mass is 403 g/mol. The Morgan fingerprint density at radius 2 is 1.91 bits per heavy atom. The Kier molecular flexibility index (Phi) is 5.50. The van der Waals surface area contributed by atoms with E-state index in [0.29, 0.717) is 5.75 Å². The molecule has 22 heavy (non-hydrogen) atoms. The summed E-state index contributed by atoms with van der Waals surface area (Å²) in [5.74, 6) is 0.685. The molecule has 7 heteroatoms. The molecule has 118 valence electrons. The molecule has 1 atom stereocenters. The zero-order valence-corrected chi connectivity index (χ0v) is 15.2. The molecule has 0 aliphatic carbocycles. The van der Waals surface area contributed by atoms with Gasteiger partial charge in [-0.2, -0.15) is 0 Å². The van der Waals surface area contributed by atoms with E-state index in [1.807, 2.05) is 12.1 Å². The van der Waals surface area contributed by atoms with Gasteiger partial charge in [-0.25, -0.2) is 13.1 Å². The predicted molar refractivity (Wildman–Crippen MR) is 90.9 cm³/mol. The Morgan fingerprint density at radius 3 is 2.50 bits per heavy atom. The molecule has 2 rings (SSSR count). The lowest BCUT2D eigenvalue weighted by atomic mass is 10.1. The highest BCUT2D eigenvalue weighted by Gasteiger charge is 2.21. The number of hydrogen-bond acceptors (Lipinski definition) is 3. The summed E-state index contributed by atoms with van der Waals surface area (Å²) in [5.41, 5.74) is 0.809. The first-order chi connectivity index (χ1) is 10.3. The van der Waals surface area contributed by atoms with E-state index < -0.39 is 16.1 Å². The molecular weight excluding hydrogens is 390 g/mol. The normalized spacial score (nSPS) is 12.9. The topological polar surface area (TPSA) is 55.4 Å². The van der Waals surface area contributed by atoms with Gasteiger partial charge in [0.05, 0.1) is 16.6 Å². The van der Waals surface area contributed by atoms with Gasteiger partial charge < -0.3 is 4.74 Å². The molecular formula is C15H15BrClNO3S. The zero-order chi connectivity index (χ0) is 16.3. The van der Waals surface area contributed by atoms with Crippen LogP contribution in [0.1, 0.15) is 18.5 Å². The third-order valence-corrected chi connectivity index (χ3v) is 5.79. The lowest BCUT2D eigenvalue weighted by Crippen LogP contribution is -2.27. The Morgan fingerprint density at radius 1 is 1.23 bits per heavy atom. The van der Waals surface area contributed by atoms with E-state index >= 15 is 0 Å². The van der Waals surface area contributed by atoms with Crippen LogP contribution in [0, 0.1) is 0 Å². The van der Waals surface area contributed by atoms with Gasteiger partial charge in [0.15, 0.2) is 0 Å². The largest absolute Gasteiger partial charge is 0.496 e. The highest BCUT2D eigenvalue weighted by atomic mass is 79.9. The van der Waals surface area contributed by atoms with E-state index in [-0.39, 0.29) is 9.92 Å². The van der Waals surface area contributed by atoms with Crippen LogP contribution in [0.3, 0.4) is 0 Å². The van der Waals surface area contributed by atoms with E-state index in [1.165, 1.54) is 6.07 Å². The van der Waals surface area contributed by atoms with E-state index in [2.05, 4.69) is 20.7 Å². The number of ether oxygens (including phenoxy) is 1. The number of halogens is 2. The second-order valence-corrected chi connectivity index (χ2v) is 7.61. The van der Waals surface area contributed by atoms with Crippen molar-refractivity contribution in [2.45, 2.75) is 17.9 Å². The van der Waals surface area contributed by atoms with Crippen LogP contribution < -0.4 is 9.46 Å². The highest BCUT2D eigenvalue weighted by Crippen LogP contribution is 2.29. The van der Waals surface area contributed by atoms with Gasteiger partial charge in [0, 0.05) is 6.04 Å². The van der Waals surface area contributed by atoms with Crippen LogP contribution in [0.5, 0.6) is 5.75 Å². The molecule has 2 aromatic carbocycles. The second kappa shape index (κ2) is 7.00. The molecule has 0 aromatic heterocycles. The summed E-state index contributed by atoms with van der Waals surface area (Å²) in [5, 5.41) is 0.193. The van der Waals surface area contributed by atoms with Crippen molar-refractivity contribution in [1.29, 1.82) is 0 Å². The van der Waals surface area contributed by atoms with Crippen LogP contribution in [0.25, 0.3) is 0 Å².